The number of likely N-dealkylation sites (N-methyl/N-ethyl adjacent to an activating group) is 1. The minimum Gasteiger partial charge on any atom is -0.496 e. The number of likely N-dealkylation sites (tertiary alicyclic amines) is 1. The molecule has 40 heavy (non-hydrogen) atoms. The van der Waals surface area contributed by atoms with Gasteiger partial charge in [0.05, 0.1) is 18.5 Å². The van der Waals surface area contributed by atoms with Gasteiger partial charge in [0.25, 0.3) is 0 Å². The van der Waals surface area contributed by atoms with Crippen LogP contribution in [-0.2, 0) is 4.79 Å². The van der Waals surface area contributed by atoms with Crippen LogP contribution >= 0.6 is 0 Å². The SMILES string of the molecule is COc1cc(-c2nn(C3CCN(C(=O)C=CCN(C)CCOc4ccccc4)C3)c3ncnc(N)c23)ccc1C. The number of nitrogen functional groups attached to an aromatic ring is 1. The zero-order valence-corrected chi connectivity index (χ0v) is 23.2. The molecule has 3 heterocycles. The van der Waals surface area contributed by atoms with Gasteiger partial charge in [-0.2, -0.15) is 5.10 Å². The third-order valence-corrected chi connectivity index (χ3v) is 7.18. The van der Waals surface area contributed by atoms with Gasteiger partial charge in [-0.15, -0.1) is 0 Å². The van der Waals surface area contributed by atoms with Gasteiger partial charge in [0.2, 0.25) is 5.91 Å². The molecule has 1 aliphatic heterocycles. The van der Waals surface area contributed by atoms with Crippen molar-refractivity contribution in [3.8, 4) is 22.8 Å². The summed E-state index contributed by atoms with van der Waals surface area (Å²) in [7, 11) is 3.66. The Labute approximate surface area is 234 Å². The number of para-hydroxylation sites is 1. The van der Waals surface area contributed by atoms with Gasteiger partial charge in [-0.05, 0) is 44.2 Å². The quantitative estimate of drug-likeness (QED) is 0.302. The smallest absolute Gasteiger partial charge is 0.246 e. The lowest BCUT2D eigenvalue weighted by Crippen LogP contribution is -2.28. The number of rotatable bonds is 10. The number of fused-ring (bicyclic) bond motifs is 1. The van der Waals surface area contributed by atoms with Crippen LogP contribution in [0, 0.1) is 6.92 Å². The Balaban J connectivity index is 1.23. The second kappa shape index (κ2) is 12.2. The standard InChI is InChI=1S/C30H35N7O3/c1-21-11-12-22(18-25(21)39-3)28-27-29(31)32-20-33-30(27)37(34-28)23-13-15-36(19-23)26(38)10-7-14-35(2)16-17-40-24-8-5-4-6-9-24/h4-12,18,20,23H,13-17,19H2,1-3H3,(H2,31,32,33). The van der Waals surface area contributed by atoms with Crippen molar-refractivity contribution in [3.63, 3.8) is 0 Å². The molecule has 0 aliphatic carbocycles. The molecule has 10 heteroatoms. The second-order valence-corrected chi connectivity index (χ2v) is 9.99. The molecule has 2 N–H and O–H groups in total. The first kappa shape index (κ1) is 27.1. The fourth-order valence-electron chi connectivity index (χ4n) is 4.93. The second-order valence-electron chi connectivity index (χ2n) is 9.99. The summed E-state index contributed by atoms with van der Waals surface area (Å²) in [6.45, 7) is 5.18. The molecule has 2 aromatic heterocycles. The molecular weight excluding hydrogens is 506 g/mol. The number of benzene rings is 2. The van der Waals surface area contributed by atoms with Crippen LogP contribution in [0.25, 0.3) is 22.3 Å². The molecule has 1 fully saturated rings. The maximum Gasteiger partial charge on any atom is 0.246 e. The van der Waals surface area contributed by atoms with Crippen molar-refractivity contribution in [1.82, 2.24) is 29.5 Å². The summed E-state index contributed by atoms with van der Waals surface area (Å²) < 4.78 is 13.2. The molecule has 208 valence electrons. The summed E-state index contributed by atoms with van der Waals surface area (Å²) in [5.74, 6) is 1.99. The predicted molar refractivity (Wildman–Crippen MR) is 155 cm³/mol. The van der Waals surface area contributed by atoms with E-state index in [4.69, 9.17) is 20.3 Å². The van der Waals surface area contributed by atoms with Crippen LogP contribution in [0.5, 0.6) is 11.5 Å². The van der Waals surface area contributed by atoms with Crippen LogP contribution in [0.15, 0.2) is 67.0 Å². The Bertz CT molecular complexity index is 1500. The number of hydrogen-bond donors (Lipinski definition) is 1. The summed E-state index contributed by atoms with van der Waals surface area (Å²) in [4.78, 5) is 25.7. The zero-order valence-electron chi connectivity index (χ0n) is 23.2. The number of hydrogen-bond acceptors (Lipinski definition) is 8. The van der Waals surface area contributed by atoms with Crippen LogP contribution in [0.3, 0.4) is 0 Å². The van der Waals surface area contributed by atoms with E-state index in [0.29, 0.717) is 48.8 Å². The molecule has 0 radical (unpaired) electrons. The number of carbonyl (C=O) groups excluding carboxylic acids is 1. The van der Waals surface area contributed by atoms with Gasteiger partial charge in [-0.1, -0.05) is 36.4 Å². The van der Waals surface area contributed by atoms with Gasteiger partial charge in [-0.25, -0.2) is 14.6 Å². The molecule has 4 aromatic rings. The fourth-order valence-corrected chi connectivity index (χ4v) is 4.93. The number of aromatic nitrogens is 4. The first-order chi connectivity index (χ1) is 19.4. The molecule has 0 saturated carbocycles. The van der Waals surface area contributed by atoms with Crippen molar-refractivity contribution < 1.29 is 14.3 Å². The largest absolute Gasteiger partial charge is 0.496 e. The summed E-state index contributed by atoms with van der Waals surface area (Å²) in [6.07, 6.45) is 5.78. The van der Waals surface area contributed by atoms with Crippen LogP contribution in [0.4, 0.5) is 5.82 Å². The number of nitrogens with two attached hydrogens (primary N) is 1. The summed E-state index contributed by atoms with van der Waals surface area (Å²) >= 11 is 0. The lowest BCUT2D eigenvalue weighted by Gasteiger charge is -2.16. The fraction of sp³-hybridized carbons (Fsp3) is 0.333. The Morgan fingerprint density at radius 1 is 1.20 bits per heavy atom. The molecular formula is C30H35N7O3. The average Bonchev–Trinajstić information content (AvgIpc) is 3.60. The Morgan fingerprint density at radius 2 is 2.02 bits per heavy atom. The van der Waals surface area contributed by atoms with Crippen molar-refractivity contribution in [1.29, 1.82) is 0 Å². The molecule has 1 saturated heterocycles. The number of nitrogens with zero attached hydrogens (tertiary/aromatic N) is 6. The molecule has 0 spiro atoms. The monoisotopic (exact) mass is 541 g/mol. The topological polar surface area (TPSA) is 112 Å². The van der Waals surface area contributed by atoms with Crippen molar-refractivity contribution in [2.75, 3.05) is 52.7 Å². The Hall–Kier alpha value is -4.44. The van der Waals surface area contributed by atoms with E-state index in [9.17, 15) is 4.79 Å². The lowest BCUT2D eigenvalue weighted by molar-refractivity contribution is -0.125. The normalized spacial score (nSPS) is 15.4. The molecule has 5 rings (SSSR count). The van der Waals surface area contributed by atoms with Crippen molar-refractivity contribution in [2.45, 2.75) is 19.4 Å². The summed E-state index contributed by atoms with van der Waals surface area (Å²) in [5, 5.41) is 5.65. The van der Waals surface area contributed by atoms with Gasteiger partial charge < -0.3 is 20.1 Å². The number of methoxy groups -OCH3 is 1. The van der Waals surface area contributed by atoms with Crippen LogP contribution in [0.1, 0.15) is 18.0 Å². The van der Waals surface area contributed by atoms with Crippen LogP contribution in [0.2, 0.25) is 0 Å². The minimum absolute atomic E-state index is 0.00877. The molecule has 1 atom stereocenters. The maximum atomic E-state index is 13.0. The summed E-state index contributed by atoms with van der Waals surface area (Å²) in [5.41, 5.74) is 9.57. The van der Waals surface area contributed by atoms with Gasteiger partial charge in [-0.3, -0.25) is 9.69 Å². The van der Waals surface area contributed by atoms with E-state index in [0.717, 1.165) is 35.6 Å². The molecule has 0 bridgehead atoms. The van der Waals surface area contributed by atoms with E-state index in [1.54, 1.807) is 13.2 Å². The minimum atomic E-state index is -0.0203. The highest BCUT2D eigenvalue weighted by atomic mass is 16.5. The van der Waals surface area contributed by atoms with Gasteiger partial charge in [0.15, 0.2) is 5.65 Å². The summed E-state index contributed by atoms with van der Waals surface area (Å²) in [6, 6.07) is 15.7. The number of aryl methyl sites for hydroxylation is 1. The first-order valence-corrected chi connectivity index (χ1v) is 13.4. The van der Waals surface area contributed by atoms with E-state index >= 15 is 0 Å². The Morgan fingerprint density at radius 3 is 2.83 bits per heavy atom. The first-order valence-electron chi connectivity index (χ1n) is 13.4. The van der Waals surface area contributed by atoms with Crippen LogP contribution in [-0.4, -0.2) is 82.4 Å². The molecule has 1 aliphatic rings. The highest BCUT2D eigenvalue weighted by Crippen LogP contribution is 2.35. The lowest BCUT2D eigenvalue weighted by atomic mass is 10.1. The van der Waals surface area contributed by atoms with E-state index in [-0.39, 0.29) is 11.9 Å². The highest BCUT2D eigenvalue weighted by Gasteiger charge is 2.30. The predicted octanol–water partition coefficient (Wildman–Crippen LogP) is 3.73. The van der Waals surface area contributed by atoms with Gasteiger partial charge >= 0.3 is 0 Å². The van der Waals surface area contributed by atoms with E-state index < -0.39 is 0 Å². The van der Waals surface area contributed by atoms with E-state index in [1.807, 2.05) is 78.2 Å². The molecule has 2 aromatic carbocycles. The zero-order chi connectivity index (χ0) is 28.1. The van der Waals surface area contributed by atoms with E-state index in [1.165, 1.54) is 6.33 Å². The number of anilines is 1. The maximum absolute atomic E-state index is 13.0. The molecule has 1 unspecified atom stereocenters. The molecule has 10 nitrogen and oxygen atoms in total. The number of carbonyl (C=O) groups is 1. The molecule has 1 amide bonds. The third kappa shape index (κ3) is 5.91. The third-order valence-electron chi connectivity index (χ3n) is 7.18. The van der Waals surface area contributed by atoms with Crippen molar-refractivity contribution in [3.05, 3.63) is 72.6 Å². The highest BCUT2D eigenvalue weighted by molar-refractivity contribution is 5.98. The van der Waals surface area contributed by atoms with Crippen molar-refractivity contribution in [2.24, 2.45) is 0 Å². The van der Waals surface area contributed by atoms with E-state index in [2.05, 4.69) is 14.9 Å². The Kier molecular flexibility index (Phi) is 8.26. The number of amides is 1. The average molecular weight is 542 g/mol. The van der Waals surface area contributed by atoms with Crippen molar-refractivity contribution >= 4 is 22.8 Å². The van der Waals surface area contributed by atoms with Crippen LogP contribution < -0.4 is 15.2 Å². The van der Waals surface area contributed by atoms with Gasteiger partial charge in [0.1, 0.15) is 35.9 Å². The van der Waals surface area contributed by atoms with Gasteiger partial charge in [0, 0.05) is 37.8 Å². The number of ether oxygens (including phenoxy) is 2.